The van der Waals surface area contributed by atoms with Gasteiger partial charge in [-0.3, -0.25) is 0 Å². The zero-order valence-electron chi connectivity index (χ0n) is 10.9. The Morgan fingerprint density at radius 3 is 3.28 bits per heavy atom. The van der Waals surface area contributed by atoms with Crippen LogP contribution >= 0.6 is 0 Å². The van der Waals surface area contributed by atoms with E-state index in [4.69, 9.17) is 13.9 Å². The second-order valence-corrected chi connectivity index (χ2v) is 5.31. The number of nitrogens with one attached hydrogen (secondary N) is 1. The van der Waals surface area contributed by atoms with Crippen LogP contribution in [0.2, 0.25) is 0 Å². The molecule has 100 valence electrons. The second-order valence-electron chi connectivity index (χ2n) is 5.31. The van der Waals surface area contributed by atoms with Crippen LogP contribution in [-0.2, 0) is 15.9 Å². The molecule has 1 aromatic rings. The Balaban J connectivity index is 1.64. The summed E-state index contributed by atoms with van der Waals surface area (Å²) in [6.45, 7) is 2.34. The van der Waals surface area contributed by atoms with Crippen LogP contribution in [0.4, 0.5) is 0 Å². The first-order chi connectivity index (χ1) is 8.83. The number of ether oxygens (including phenoxy) is 2. The van der Waals surface area contributed by atoms with E-state index in [1.54, 1.807) is 13.4 Å². The van der Waals surface area contributed by atoms with Crippen LogP contribution in [-0.4, -0.2) is 32.5 Å². The second kappa shape index (κ2) is 5.03. The van der Waals surface area contributed by atoms with Gasteiger partial charge >= 0.3 is 0 Å². The van der Waals surface area contributed by atoms with Gasteiger partial charge in [-0.1, -0.05) is 0 Å². The Labute approximate surface area is 108 Å². The molecule has 1 aliphatic carbocycles. The summed E-state index contributed by atoms with van der Waals surface area (Å²) in [5.41, 5.74) is 1.19. The fourth-order valence-electron chi connectivity index (χ4n) is 2.97. The molecule has 0 saturated carbocycles. The number of rotatable bonds is 4. The van der Waals surface area contributed by atoms with Crippen molar-refractivity contribution in [2.45, 2.75) is 37.3 Å². The summed E-state index contributed by atoms with van der Waals surface area (Å²) < 4.78 is 16.6. The Bertz CT molecular complexity index is 395. The van der Waals surface area contributed by atoms with Gasteiger partial charge in [0.15, 0.2) is 0 Å². The zero-order chi connectivity index (χ0) is 12.4. The van der Waals surface area contributed by atoms with Gasteiger partial charge in [0.1, 0.15) is 11.4 Å². The van der Waals surface area contributed by atoms with E-state index in [1.807, 2.05) is 0 Å². The van der Waals surface area contributed by atoms with E-state index in [9.17, 15) is 0 Å². The van der Waals surface area contributed by atoms with Crippen molar-refractivity contribution in [3.8, 4) is 0 Å². The molecule has 1 aromatic heterocycles. The van der Waals surface area contributed by atoms with Gasteiger partial charge in [-0.2, -0.15) is 0 Å². The molecule has 1 fully saturated rings. The molecule has 2 atom stereocenters. The first-order valence-corrected chi connectivity index (χ1v) is 6.75. The highest BCUT2D eigenvalue weighted by atomic mass is 16.5. The molecule has 1 aliphatic heterocycles. The SMILES string of the molecule is COC1(CNC2CCCc3occc32)CCOC1. The summed E-state index contributed by atoms with van der Waals surface area (Å²) >= 11 is 0. The van der Waals surface area contributed by atoms with Crippen LogP contribution in [0.25, 0.3) is 0 Å². The molecule has 0 amide bonds. The van der Waals surface area contributed by atoms with Crippen molar-refractivity contribution in [2.75, 3.05) is 26.9 Å². The molecule has 2 aliphatic rings. The normalized spacial score (nSPS) is 31.5. The van der Waals surface area contributed by atoms with E-state index in [-0.39, 0.29) is 5.60 Å². The van der Waals surface area contributed by atoms with Crippen molar-refractivity contribution in [1.82, 2.24) is 5.32 Å². The average molecular weight is 251 g/mol. The number of hydrogen-bond acceptors (Lipinski definition) is 4. The molecule has 2 unspecified atom stereocenters. The molecule has 1 saturated heterocycles. The topological polar surface area (TPSA) is 43.6 Å². The van der Waals surface area contributed by atoms with Crippen molar-refractivity contribution < 1.29 is 13.9 Å². The van der Waals surface area contributed by atoms with Gasteiger partial charge in [0.2, 0.25) is 0 Å². The van der Waals surface area contributed by atoms with Crippen molar-refractivity contribution in [3.05, 3.63) is 23.7 Å². The van der Waals surface area contributed by atoms with Gasteiger partial charge in [-0.25, -0.2) is 0 Å². The summed E-state index contributed by atoms with van der Waals surface area (Å²) in [5, 5.41) is 3.63. The monoisotopic (exact) mass is 251 g/mol. The number of hydrogen-bond donors (Lipinski definition) is 1. The molecular formula is C14H21NO3. The molecule has 0 radical (unpaired) electrons. The molecule has 0 aromatic carbocycles. The maximum Gasteiger partial charge on any atom is 0.108 e. The van der Waals surface area contributed by atoms with Crippen molar-refractivity contribution >= 4 is 0 Å². The lowest BCUT2D eigenvalue weighted by Crippen LogP contribution is -2.44. The van der Waals surface area contributed by atoms with Gasteiger partial charge in [0.05, 0.1) is 12.9 Å². The summed E-state index contributed by atoms with van der Waals surface area (Å²) in [4.78, 5) is 0. The van der Waals surface area contributed by atoms with E-state index in [1.165, 1.54) is 18.4 Å². The first-order valence-electron chi connectivity index (χ1n) is 6.75. The van der Waals surface area contributed by atoms with Crippen LogP contribution in [0.1, 0.15) is 36.6 Å². The van der Waals surface area contributed by atoms with Crippen molar-refractivity contribution in [3.63, 3.8) is 0 Å². The van der Waals surface area contributed by atoms with Gasteiger partial charge in [-0.05, 0) is 18.9 Å². The third-order valence-electron chi connectivity index (χ3n) is 4.22. The van der Waals surface area contributed by atoms with Crippen LogP contribution in [0.15, 0.2) is 16.7 Å². The minimum absolute atomic E-state index is 0.138. The van der Waals surface area contributed by atoms with E-state index in [0.717, 1.165) is 31.8 Å². The summed E-state index contributed by atoms with van der Waals surface area (Å²) in [6.07, 6.45) is 6.21. The maximum absolute atomic E-state index is 5.65. The highest BCUT2D eigenvalue weighted by Crippen LogP contribution is 2.31. The standard InChI is InChI=1S/C14H21NO3/c1-16-14(6-8-17-10-14)9-15-12-3-2-4-13-11(12)5-7-18-13/h5,7,12,15H,2-4,6,8-10H2,1H3. The average Bonchev–Trinajstić information content (AvgIpc) is 3.06. The molecule has 0 spiro atoms. The fourth-order valence-corrected chi connectivity index (χ4v) is 2.97. The summed E-state index contributed by atoms with van der Waals surface area (Å²) in [7, 11) is 1.78. The summed E-state index contributed by atoms with van der Waals surface area (Å²) in [6, 6.07) is 2.50. The lowest BCUT2D eigenvalue weighted by Gasteiger charge is -2.30. The Kier molecular flexibility index (Phi) is 3.41. The first kappa shape index (κ1) is 12.2. The van der Waals surface area contributed by atoms with E-state index < -0.39 is 0 Å². The van der Waals surface area contributed by atoms with Crippen LogP contribution in [0, 0.1) is 0 Å². The van der Waals surface area contributed by atoms with Gasteiger partial charge < -0.3 is 19.2 Å². The fraction of sp³-hybridized carbons (Fsp3) is 0.714. The molecule has 4 heteroatoms. The molecule has 1 N–H and O–H groups in total. The largest absolute Gasteiger partial charge is 0.469 e. The number of furan rings is 1. The Morgan fingerprint density at radius 2 is 2.50 bits per heavy atom. The smallest absolute Gasteiger partial charge is 0.108 e. The molecule has 0 bridgehead atoms. The number of methoxy groups -OCH3 is 1. The van der Waals surface area contributed by atoms with Crippen molar-refractivity contribution in [2.24, 2.45) is 0 Å². The zero-order valence-corrected chi connectivity index (χ0v) is 10.9. The molecule has 2 heterocycles. The Morgan fingerprint density at radius 1 is 1.56 bits per heavy atom. The summed E-state index contributed by atoms with van der Waals surface area (Å²) in [5.74, 6) is 1.15. The van der Waals surface area contributed by atoms with Crippen LogP contribution in [0.5, 0.6) is 0 Å². The third-order valence-corrected chi connectivity index (χ3v) is 4.22. The van der Waals surface area contributed by atoms with Crippen LogP contribution in [0.3, 0.4) is 0 Å². The number of aryl methyl sites for hydroxylation is 1. The van der Waals surface area contributed by atoms with Crippen molar-refractivity contribution in [1.29, 1.82) is 0 Å². The molecular weight excluding hydrogens is 230 g/mol. The quantitative estimate of drug-likeness (QED) is 0.889. The van der Waals surface area contributed by atoms with Gasteiger partial charge in [0, 0.05) is 44.7 Å². The maximum atomic E-state index is 5.65. The van der Waals surface area contributed by atoms with Crippen LogP contribution < -0.4 is 5.32 Å². The van der Waals surface area contributed by atoms with E-state index in [2.05, 4.69) is 11.4 Å². The van der Waals surface area contributed by atoms with E-state index in [0.29, 0.717) is 12.6 Å². The van der Waals surface area contributed by atoms with Gasteiger partial charge in [0.25, 0.3) is 0 Å². The van der Waals surface area contributed by atoms with Gasteiger partial charge in [-0.15, -0.1) is 0 Å². The third kappa shape index (κ3) is 2.20. The minimum Gasteiger partial charge on any atom is -0.469 e. The lowest BCUT2D eigenvalue weighted by atomic mass is 9.92. The number of fused-ring (bicyclic) bond motifs is 1. The highest BCUT2D eigenvalue weighted by molar-refractivity contribution is 5.24. The Hall–Kier alpha value is -0.840. The predicted molar refractivity (Wildman–Crippen MR) is 67.6 cm³/mol. The lowest BCUT2D eigenvalue weighted by molar-refractivity contribution is -0.0179. The van der Waals surface area contributed by atoms with E-state index >= 15 is 0 Å². The minimum atomic E-state index is -0.138. The molecule has 18 heavy (non-hydrogen) atoms. The molecule has 3 rings (SSSR count). The highest BCUT2D eigenvalue weighted by Gasteiger charge is 2.36. The predicted octanol–water partition coefficient (Wildman–Crippen LogP) is 2.05. The molecule has 4 nitrogen and oxygen atoms in total.